The van der Waals surface area contributed by atoms with E-state index < -0.39 is 18.1 Å². The number of piperidine rings is 3. The van der Waals surface area contributed by atoms with Gasteiger partial charge < -0.3 is 18.9 Å². The Bertz CT molecular complexity index is 1840. The van der Waals surface area contributed by atoms with E-state index >= 15 is 0 Å². The van der Waals surface area contributed by atoms with E-state index in [1.807, 2.05) is 30.3 Å². The predicted octanol–water partition coefficient (Wildman–Crippen LogP) is 7.34. The van der Waals surface area contributed by atoms with Gasteiger partial charge in [-0.15, -0.1) is 11.3 Å². The van der Waals surface area contributed by atoms with E-state index in [4.69, 9.17) is 42.1 Å². The number of hydrogen-bond donors (Lipinski definition) is 0. The van der Waals surface area contributed by atoms with Crippen molar-refractivity contribution in [2.45, 2.75) is 50.5 Å². The van der Waals surface area contributed by atoms with E-state index in [-0.39, 0.29) is 18.5 Å². The molecule has 0 amide bonds. The van der Waals surface area contributed by atoms with E-state index in [1.165, 1.54) is 29.3 Å². The summed E-state index contributed by atoms with van der Waals surface area (Å²) < 4.78 is 23.4. The zero-order valence-electron chi connectivity index (χ0n) is 28.0. The largest absolute Gasteiger partial charge is 0.493 e. The van der Waals surface area contributed by atoms with E-state index in [0.717, 1.165) is 49.3 Å². The molecular formula is C38H39Cl2N3O6S. The number of esters is 2. The number of aromatic nitrogens is 1. The van der Waals surface area contributed by atoms with E-state index in [9.17, 15) is 9.59 Å². The van der Waals surface area contributed by atoms with Crippen LogP contribution in [0.4, 0.5) is 0 Å². The van der Waals surface area contributed by atoms with Crippen molar-refractivity contribution in [1.29, 1.82) is 0 Å². The number of ether oxygens (including phenoxy) is 4. The summed E-state index contributed by atoms with van der Waals surface area (Å²) in [5.41, 5.74) is 3.47. The van der Waals surface area contributed by atoms with Gasteiger partial charge in [-0.1, -0.05) is 53.5 Å². The molecule has 2 aromatic carbocycles. The molecule has 2 unspecified atom stereocenters. The second kappa shape index (κ2) is 15.3. The normalized spacial score (nSPS) is 22.0. The molecule has 0 saturated carbocycles. The zero-order valence-corrected chi connectivity index (χ0v) is 30.3. The smallest absolute Gasteiger partial charge is 0.348 e. The fourth-order valence-corrected chi connectivity index (χ4v) is 8.82. The van der Waals surface area contributed by atoms with Gasteiger partial charge in [-0.3, -0.25) is 14.8 Å². The van der Waals surface area contributed by atoms with Crippen molar-refractivity contribution in [3.63, 3.8) is 0 Å². The lowest BCUT2D eigenvalue weighted by Gasteiger charge is -2.45. The molecule has 4 aliphatic heterocycles. The molecule has 2 bridgehead atoms. The molecule has 0 aliphatic carbocycles. The molecule has 0 radical (unpaired) electrons. The van der Waals surface area contributed by atoms with Crippen molar-refractivity contribution in [1.82, 2.24) is 14.8 Å². The van der Waals surface area contributed by atoms with E-state index in [2.05, 4.69) is 20.9 Å². The van der Waals surface area contributed by atoms with Crippen LogP contribution in [-0.2, 0) is 33.7 Å². The minimum Gasteiger partial charge on any atom is -0.493 e. The van der Waals surface area contributed by atoms with E-state index in [1.54, 1.807) is 32.4 Å². The van der Waals surface area contributed by atoms with Crippen LogP contribution in [0.15, 0.2) is 67.0 Å². The first kappa shape index (κ1) is 34.8. The molecule has 50 heavy (non-hydrogen) atoms. The molecule has 0 spiro atoms. The summed E-state index contributed by atoms with van der Waals surface area (Å²) in [6.07, 6.45) is 5.42. The van der Waals surface area contributed by atoms with Gasteiger partial charge in [0.25, 0.3) is 0 Å². The SMILES string of the molecule is COc1ccc(C(Cc2c(Cl)cncc2Cl)OC(=O)c2ccc(CN3CCc4ccccc4C3C(=O)O[C@H]3CN4CCC3CC4)s2)cc1OC. The number of halogens is 2. The number of carbonyl (C=O) groups is 2. The summed E-state index contributed by atoms with van der Waals surface area (Å²) >= 11 is 14.3. The Hall–Kier alpha value is -3.67. The maximum atomic E-state index is 14.0. The minimum atomic E-state index is -0.741. The second-order valence-corrected chi connectivity index (χ2v) is 15.0. The Morgan fingerprint density at radius 1 is 0.960 bits per heavy atom. The van der Waals surface area contributed by atoms with Crippen molar-refractivity contribution < 1.29 is 28.5 Å². The molecule has 8 rings (SSSR count). The lowest BCUT2D eigenvalue weighted by atomic mass is 9.85. The summed E-state index contributed by atoms with van der Waals surface area (Å²) in [7, 11) is 3.11. The number of rotatable bonds is 11. The van der Waals surface area contributed by atoms with E-state index in [0.29, 0.717) is 56.6 Å². The van der Waals surface area contributed by atoms with Crippen molar-refractivity contribution in [3.05, 3.63) is 109 Å². The molecule has 12 heteroatoms. The van der Waals surface area contributed by atoms with Crippen LogP contribution in [-0.4, -0.2) is 73.2 Å². The van der Waals surface area contributed by atoms with Gasteiger partial charge in [-0.25, -0.2) is 9.59 Å². The summed E-state index contributed by atoms with van der Waals surface area (Å²) in [4.78, 5) is 37.7. The van der Waals surface area contributed by atoms with Crippen molar-refractivity contribution in [2.75, 3.05) is 40.4 Å². The topological polar surface area (TPSA) is 90.4 Å². The fourth-order valence-electron chi connectivity index (χ4n) is 7.38. The molecular weight excluding hydrogens is 697 g/mol. The summed E-state index contributed by atoms with van der Waals surface area (Å²) in [5.74, 6) is 0.801. The predicted molar refractivity (Wildman–Crippen MR) is 192 cm³/mol. The van der Waals surface area contributed by atoms with Crippen LogP contribution in [0.5, 0.6) is 11.5 Å². The number of pyridine rings is 1. The number of thiophene rings is 1. The Kier molecular flexibility index (Phi) is 10.6. The summed E-state index contributed by atoms with van der Waals surface area (Å²) in [5, 5.41) is 0.754. The highest BCUT2D eigenvalue weighted by atomic mass is 35.5. The molecule has 262 valence electrons. The van der Waals surface area contributed by atoms with Crippen LogP contribution < -0.4 is 9.47 Å². The van der Waals surface area contributed by atoms with Crippen LogP contribution in [0, 0.1) is 5.92 Å². The second-order valence-electron chi connectivity index (χ2n) is 13.0. The molecule has 3 fully saturated rings. The number of nitrogens with zero attached hydrogens (tertiary/aromatic N) is 3. The van der Waals surface area contributed by atoms with Crippen LogP contribution >= 0.6 is 34.5 Å². The molecule has 3 saturated heterocycles. The number of benzene rings is 2. The monoisotopic (exact) mass is 735 g/mol. The van der Waals surface area contributed by atoms with Crippen LogP contribution in [0.2, 0.25) is 10.0 Å². The maximum absolute atomic E-state index is 14.0. The van der Waals surface area contributed by atoms with Crippen LogP contribution in [0.25, 0.3) is 0 Å². The fraction of sp³-hybridized carbons (Fsp3) is 0.395. The van der Waals surface area contributed by atoms with Gasteiger partial charge in [-0.2, -0.15) is 0 Å². The Labute approximate surface area is 306 Å². The van der Waals surface area contributed by atoms with Crippen molar-refractivity contribution in [3.8, 4) is 11.5 Å². The van der Waals surface area contributed by atoms with Gasteiger partial charge in [0.05, 0.1) is 24.3 Å². The Balaban J connectivity index is 1.10. The van der Waals surface area contributed by atoms with Gasteiger partial charge in [-0.05, 0) is 84.8 Å². The van der Waals surface area contributed by atoms with Gasteiger partial charge in [0, 0.05) is 43.3 Å². The minimum absolute atomic E-state index is 0.0698. The lowest BCUT2D eigenvalue weighted by Crippen LogP contribution is -2.53. The van der Waals surface area contributed by atoms with Crippen molar-refractivity contribution in [2.24, 2.45) is 5.92 Å². The first-order valence-electron chi connectivity index (χ1n) is 16.9. The third-order valence-corrected chi connectivity index (χ3v) is 11.8. The Morgan fingerprint density at radius 3 is 2.44 bits per heavy atom. The maximum Gasteiger partial charge on any atom is 0.348 e. The summed E-state index contributed by atoms with van der Waals surface area (Å²) in [6.45, 7) is 4.17. The highest BCUT2D eigenvalue weighted by Gasteiger charge is 2.40. The first-order chi connectivity index (χ1) is 24.3. The number of carbonyl (C=O) groups excluding carboxylic acids is 2. The quantitative estimate of drug-likeness (QED) is 0.147. The van der Waals surface area contributed by atoms with Crippen LogP contribution in [0.3, 0.4) is 0 Å². The molecule has 0 N–H and O–H groups in total. The number of hydrogen-bond acceptors (Lipinski definition) is 10. The number of methoxy groups -OCH3 is 2. The van der Waals surface area contributed by atoms with Gasteiger partial charge >= 0.3 is 11.9 Å². The average molecular weight is 737 g/mol. The number of fused-ring (bicyclic) bond motifs is 4. The molecule has 6 heterocycles. The van der Waals surface area contributed by atoms with Crippen molar-refractivity contribution >= 4 is 46.5 Å². The summed E-state index contributed by atoms with van der Waals surface area (Å²) in [6, 6.07) is 16.7. The highest BCUT2D eigenvalue weighted by molar-refractivity contribution is 7.13. The van der Waals surface area contributed by atoms with Gasteiger partial charge in [0.15, 0.2) is 11.5 Å². The average Bonchev–Trinajstić information content (AvgIpc) is 3.61. The molecule has 4 aromatic rings. The molecule has 2 aromatic heterocycles. The lowest BCUT2D eigenvalue weighted by molar-refractivity contribution is -0.166. The molecule has 3 atom stereocenters. The third kappa shape index (κ3) is 7.36. The third-order valence-electron chi connectivity index (χ3n) is 10.1. The molecule has 9 nitrogen and oxygen atoms in total. The van der Waals surface area contributed by atoms with Crippen LogP contribution in [0.1, 0.15) is 61.8 Å². The van der Waals surface area contributed by atoms with Gasteiger partial charge in [0.1, 0.15) is 23.1 Å². The highest BCUT2D eigenvalue weighted by Crippen LogP contribution is 2.38. The zero-order chi connectivity index (χ0) is 34.8. The Morgan fingerprint density at radius 2 is 1.72 bits per heavy atom. The van der Waals surface area contributed by atoms with Gasteiger partial charge in [0.2, 0.25) is 0 Å². The first-order valence-corrected chi connectivity index (χ1v) is 18.4. The molecule has 4 aliphatic rings. The standard InChI is InChI=1S/C38H39Cl2N3O6S/c1-46-31-9-7-25(17-33(31)47-2)32(18-28-29(39)19-41-20-30(28)40)48-37(44)35-10-8-26(50-35)21-43-16-13-23-5-3-4-6-27(23)36(43)38(45)49-34-22-42-14-11-24(34)12-15-42/h3-10,17,19-20,24,32,34,36H,11-16,18,21-22H2,1-2H3/t32?,34-,36?/m0/s1.